The zero-order chi connectivity index (χ0) is 12.8. The van der Waals surface area contributed by atoms with E-state index in [4.69, 9.17) is 0 Å². The molecule has 3 rings (SSSR count). The van der Waals surface area contributed by atoms with Crippen molar-refractivity contribution < 1.29 is 8.42 Å². The van der Waals surface area contributed by atoms with Gasteiger partial charge in [-0.3, -0.25) is 0 Å². The summed E-state index contributed by atoms with van der Waals surface area (Å²) >= 11 is 0. The molecule has 2 aliphatic rings. The number of piperidine rings is 1. The van der Waals surface area contributed by atoms with Crippen LogP contribution in [0, 0.1) is 0 Å². The van der Waals surface area contributed by atoms with Gasteiger partial charge in [0.15, 0.2) is 0 Å². The molecule has 0 radical (unpaired) electrons. The Labute approximate surface area is 108 Å². The van der Waals surface area contributed by atoms with Crippen molar-refractivity contribution in [1.29, 1.82) is 0 Å². The molecule has 4 heteroatoms. The van der Waals surface area contributed by atoms with Gasteiger partial charge < -0.3 is 0 Å². The second-order valence-corrected chi connectivity index (χ2v) is 7.22. The summed E-state index contributed by atoms with van der Waals surface area (Å²) in [5, 5.41) is 0. The molecule has 3 nitrogen and oxygen atoms in total. The number of nitrogens with zero attached hydrogens (tertiary/aromatic N) is 1. The van der Waals surface area contributed by atoms with Crippen LogP contribution in [0.3, 0.4) is 0 Å². The fraction of sp³-hybridized carbons (Fsp3) is 0.429. The van der Waals surface area contributed by atoms with Crippen LogP contribution < -0.4 is 0 Å². The molecule has 0 bridgehead atoms. The number of benzene rings is 1. The number of rotatable bonds is 1. The Morgan fingerprint density at radius 1 is 1.17 bits per heavy atom. The van der Waals surface area contributed by atoms with Crippen molar-refractivity contribution in [2.24, 2.45) is 0 Å². The lowest BCUT2D eigenvalue weighted by Gasteiger charge is -2.38. The predicted octanol–water partition coefficient (Wildman–Crippen LogP) is 2.01. The van der Waals surface area contributed by atoms with Crippen molar-refractivity contribution in [3.8, 4) is 0 Å². The smallest absolute Gasteiger partial charge is 0.211 e. The molecule has 0 atom stereocenters. The van der Waals surface area contributed by atoms with Gasteiger partial charge in [-0.1, -0.05) is 36.4 Å². The maximum atomic E-state index is 11.5. The quantitative estimate of drug-likeness (QED) is 0.777. The van der Waals surface area contributed by atoms with E-state index in [0.717, 1.165) is 12.8 Å². The van der Waals surface area contributed by atoms with E-state index in [1.165, 1.54) is 17.4 Å². The molecule has 0 amide bonds. The van der Waals surface area contributed by atoms with Gasteiger partial charge in [-0.05, 0) is 24.0 Å². The van der Waals surface area contributed by atoms with Crippen LogP contribution in [0.5, 0.6) is 0 Å². The van der Waals surface area contributed by atoms with Gasteiger partial charge in [-0.25, -0.2) is 12.7 Å². The number of allylic oxidation sites excluding steroid dienone is 1. The van der Waals surface area contributed by atoms with Gasteiger partial charge in [0.05, 0.1) is 6.26 Å². The van der Waals surface area contributed by atoms with Gasteiger partial charge in [0.1, 0.15) is 0 Å². The minimum absolute atomic E-state index is 0.0672. The molecular weight excluding hydrogens is 246 g/mol. The Bertz CT molecular complexity index is 596. The Hall–Kier alpha value is -1.13. The zero-order valence-corrected chi connectivity index (χ0v) is 11.3. The summed E-state index contributed by atoms with van der Waals surface area (Å²) in [6.45, 7) is 1.25. The summed E-state index contributed by atoms with van der Waals surface area (Å²) in [7, 11) is -3.04. The lowest BCUT2D eigenvalue weighted by atomic mass is 9.75. The van der Waals surface area contributed by atoms with Crippen LogP contribution in [0.15, 0.2) is 30.3 Å². The first kappa shape index (κ1) is 11.9. The van der Waals surface area contributed by atoms with E-state index in [1.807, 2.05) is 6.07 Å². The molecule has 0 unspecified atom stereocenters. The van der Waals surface area contributed by atoms with Crippen molar-refractivity contribution in [3.05, 3.63) is 41.5 Å². The topological polar surface area (TPSA) is 37.4 Å². The standard InChI is InChI=1S/C14H17NO2S/c1-18(16,17)15-10-8-14(9-11-15)7-6-12-4-2-3-5-13(12)14/h2-7H,8-11H2,1H3. The monoisotopic (exact) mass is 263 g/mol. The van der Waals surface area contributed by atoms with Crippen molar-refractivity contribution in [3.63, 3.8) is 0 Å². The van der Waals surface area contributed by atoms with Crippen LogP contribution in [0.1, 0.15) is 24.0 Å². The average molecular weight is 263 g/mol. The molecule has 0 saturated carbocycles. The predicted molar refractivity (Wildman–Crippen MR) is 72.8 cm³/mol. The third-order valence-electron chi connectivity index (χ3n) is 4.16. The molecule has 1 saturated heterocycles. The molecule has 18 heavy (non-hydrogen) atoms. The van der Waals surface area contributed by atoms with E-state index in [-0.39, 0.29) is 5.41 Å². The number of hydrogen-bond donors (Lipinski definition) is 0. The lowest BCUT2D eigenvalue weighted by Crippen LogP contribution is -2.43. The summed E-state index contributed by atoms with van der Waals surface area (Å²) < 4.78 is 24.7. The molecule has 0 aromatic heterocycles. The molecule has 1 fully saturated rings. The van der Waals surface area contributed by atoms with Crippen LogP contribution in [0.4, 0.5) is 0 Å². The largest absolute Gasteiger partial charge is 0.213 e. The van der Waals surface area contributed by atoms with E-state index in [2.05, 4.69) is 30.4 Å². The molecule has 1 aromatic rings. The highest BCUT2D eigenvalue weighted by Crippen LogP contribution is 2.43. The summed E-state index contributed by atoms with van der Waals surface area (Å²) in [6, 6.07) is 8.42. The summed E-state index contributed by atoms with van der Waals surface area (Å²) in [6.07, 6.45) is 7.49. The SMILES string of the molecule is CS(=O)(=O)N1CCC2(C=Cc3ccccc32)CC1. The van der Waals surface area contributed by atoms with Crippen molar-refractivity contribution in [2.45, 2.75) is 18.3 Å². The van der Waals surface area contributed by atoms with E-state index < -0.39 is 10.0 Å². The first-order valence-corrected chi connectivity index (χ1v) is 8.10. The third kappa shape index (κ3) is 1.80. The Morgan fingerprint density at radius 3 is 2.50 bits per heavy atom. The third-order valence-corrected chi connectivity index (χ3v) is 5.47. The van der Waals surface area contributed by atoms with Gasteiger partial charge in [-0.15, -0.1) is 0 Å². The molecule has 1 aromatic carbocycles. The van der Waals surface area contributed by atoms with Crippen molar-refractivity contribution >= 4 is 16.1 Å². The maximum Gasteiger partial charge on any atom is 0.211 e. The van der Waals surface area contributed by atoms with Gasteiger partial charge in [0.2, 0.25) is 10.0 Å². The second kappa shape index (κ2) is 3.93. The van der Waals surface area contributed by atoms with E-state index >= 15 is 0 Å². The Balaban J connectivity index is 1.88. The Kier molecular flexibility index (Phi) is 2.61. The minimum Gasteiger partial charge on any atom is -0.213 e. The molecule has 1 aliphatic heterocycles. The molecule has 1 heterocycles. The highest BCUT2D eigenvalue weighted by Gasteiger charge is 2.39. The lowest BCUT2D eigenvalue weighted by molar-refractivity contribution is 0.276. The molecule has 1 spiro atoms. The minimum atomic E-state index is -3.04. The van der Waals surface area contributed by atoms with Crippen molar-refractivity contribution in [1.82, 2.24) is 4.31 Å². The first-order valence-electron chi connectivity index (χ1n) is 6.25. The van der Waals surface area contributed by atoms with Crippen LogP contribution >= 0.6 is 0 Å². The highest BCUT2D eigenvalue weighted by molar-refractivity contribution is 7.88. The normalized spacial score (nSPS) is 22.3. The van der Waals surface area contributed by atoms with Crippen LogP contribution in [0.25, 0.3) is 6.08 Å². The van der Waals surface area contributed by atoms with Crippen LogP contribution in [-0.2, 0) is 15.4 Å². The first-order chi connectivity index (χ1) is 8.51. The van der Waals surface area contributed by atoms with Gasteiger partial charge in [0, 0.05) is 18.5 Å². The second-order valence-electron chi connectivity index (χ2n) is 5.24. The van der Waals surface area contributed by atoms with Crippen LogP contribution in [0.2, 0.25) is 0 Å². The summed E-state index contributed by atoms with van der Waals surface area (Å²) in [4.78, 5) is 0. The van der Waals surface area contributed by atoms with E-state index in [1.54, 1.807) is 4.31 Å². The summed E-state index contributed by atoms with van der Waals surface area (Å²) in [5.41, 5.74) is 2.71. The van der Waals surface area contributed by atoms with Gasteiger partial charge >= 0.3 is 0 Å². The molecule has 96 valence electrons. The van der Waals surface area contributed by atoms with Crippen molar-refractivity contribution in [2.75, 3.05) is 19.3 Å². The summed E-state index contributed by atoms with van der Waals surface area (Å²) in [5.74, 6) is 0. The zero-order valence-electron chi connectivity index (χ0n) is 10.5. The molecule has 0 N–H and O–H groups in total. The number of fused-ring (bicyclic) bond motifs is 2. The number of sulfonamides is 1. The molecular formula is C14H17NO2S. The van der Waals surface area contributed by atoms with E-state index in [0.29, 0.717) is 13.1 Å². The number of hydrogen-bond acceptors (Lipinski definition) is 2. The van der Waals surface area contributed by atoms with Gasteiger partial charge in [0.25, 0.3) is 0 Å². The maximum absolute atomic E-state index is 11.5. The Morgan fingerprint density at radius 2 is 1.83 bits per heavy atom. The fourth-order valence-electron chi connectivity index (χ4n) is 3.09. The molecule has 1 aliphatic carbocycles. The average Bonchev–Trinajstić information content (AvgIpc) is 2.69. The van der Waals surface area contributed by atoms with E-state index in [9.17, 15) is 8.42 Å². The highest BCUT2D eigenvalue weighted by atomic mass is 32.2. The van der Waals surface area contributed by atoms with Crippen LogP contribution in [-0.4, -0.2) is 32.1 Å². The fourth-order valence-corrected chi connectivity index (χ4v) is 3.93. The van der Waals surface area contributed by atoms with Gasteiger partial charge in [-0.2, -0.15) is 0 Å².